The molecule has 0 saturated carbocycles. The Morgan fingerprint density at radius 1 is 1.60 bits per heavy atom. The molecule has 0 spiro atoms. The van der Waals surface area contributed by atoms with Crippen LogP contribution >= 0.6 is 11.3 Å². The molecule has 0 aliphatic heterocycles. The highest BCUT2D eigenvalue weighted by molar-refractivity contribution is 7.10. The minimum atomic E-state index is 0.323. The van der Waals surface area contributed by atoms with Gasteiger partial charge < -0.3 is 9.84 Å². The average Bonchev–Trinajstić information content (AvgIpc) is 2.84. The zero-order valence-electron chi connectivity index (χ0n) is 8.73. The van der Waals surface area contributed by atoms with E-state index >= 15 is 0 Å². The molecule has 2 aromatic heterocycles. The lowest BCUT2D eigenvalue weighted by Gasteiger charge is -2.09. The lowest BCUT2D eigenvalue weighted by molar-refractivity contribution is 0.384. The lowest BCUT2D eigenvalue weighted by atomic mass is 10.3. The Hall–Kier alpha value is -1.20. The van der Waals surface area contributed by atoms with Gasteiger partial charge in [-0.05, 0) is 18.4 Å². The van der Waals surface area contributed by atoms with Crippen LogP contribution in [0.15, 0.2) is 22.0 Å². The van der Waals surface area contributed by atoms with Gasteiger partial charge in [0.05, 0.1) is 6.54 Å². The van der Waals surface area contributed by atoms with Crippen LogP contribution in [0.4, 0.5) is 0 Å². The second-order valence-electron chi connectivity index (χ2n) is 3.35. The van der Waals surface area contributed by atoms with E-state index < -0.39 is 0 Å². The van der Waals surface area contributed by atoms with Crippen LogP contribution in [0.3, 0.4) is 0 Å². The van der Waals surface area contributed by atoms with E-state index in [0.29, 0.717) is 24.3 Å². The van der Waals surface area contributed by atoms with Gasteiger partial charge in [-0.1, -0.05) is 11.2 Å². The van der Waals surface area contributed by atoms with Gasteiger partial charge in [0.15, 0.2) is 5.82 Å². The maximum Gasteiger partial charge on any atom is 0.223 e. The van der Waals surface area contributed by atoms with Crippen molar-refractivity contribution in [3.63, 3.8) is 0 Å². The van der Waals surface area contributed by atoms with Gasteiger partial charge in [0, 0.05) is 17.8 Å². The van der Waals surface area contributed by atoms with Gasteiger partial charge >= 0.3 is 0 Å². The third kappa shape index (κ3) is 2.64. The normalized spacial score (nSPS) is 12.9. The summed E-state index contributed by atoms with van der Waals surface area (Å²) in [5, 5.41) is 9.24. The molecule has 5 heteroatoms. The quantitative estimate of drug-likeness (QED) is 0.864. The van der Waals surface area contributed by atoms with Crippen molar-refractivity contribution in [3.8, 4) is 0 Å². The Morgan fingerprint density at radius 2 is 2.47 bits per heavy atom. The topological polar surface area (TPSA) is 51.0 Å². The molecular weight excluding hydrogens is 210 g/mol. The molecule has 0 aliphatic rings. The van der Waals surface area contributed by atoms with E-state index in [9.17, 15) is 0 Å². The molecule has 15 heavy (non-hydrogen) atoms. The van der Waals surface area contributed by atoms with Crippen LogP contribution in [0.2, 0.25) is 0 Å². The van der Waals surface area contributed by atoms with Gasteiger partial charge in [-0.3, -0.25) is 0 Å². The van der Waals surface area contributed by atoms with Gasteiger partial charge in [0.25, 0.3) is 0 Å². The fourth-order valence-corrected chi connectivity index (χ4v) is 2.05. The monoisotopic (exact) mass is 223 g/mol. The predicted molar refractivity (Wildman–Crippen MR) is 58.6 cm³/mol. The number of hydrogen-bond donors (Lipinski definition) is 1. The van der Waals surface area contributed by atoms with E-state index in [0.717, 1.165) is 0 Å². The summed E-state index contributed by atoms with van der Waals surface area (Å²) >= 11 is 1.74. The zero-order chi connectivity index (χ0) is 10.7. The van der Waals surface area contributed by atoms with E-state index in [2.05, 4.69) is 39.9 Å². The molecule has 0 unspecified atom stereocenters. The van der Waals surface area contributed by atoms with Crippen LogP contribution in [0.25, 0.3) is 0 Å². The second kappa shape index (κ2) is 4.55. The number of nitrogens with one attached hydrogen (secondary N) is 1. The predicted octanol–water partition coefficient (Wildman–Crippen LogP) is 2.29. The molecule has 0 bridgehead atoms. The molecule has 0 saturated heterocycles. The van der Waals surface area contributed by atoms with Crippen molar-refractivity contribution in [1.29, 1.82) is 0 Å². The Bertz CT molecular complexity index is 410. The van der Waals surface area contributed by atoms with E-state index in [1.165, 1.54) is 4.88 Å². The molecule has 0 aromatic carbocycles. The Morgan fingerprint density at radius 3 is 3.07 bits per heavy atom. The van der Waals surface area contributed by atoms with Crippen LogP contribution in [0, 0.1) is 6.92 Å². The summed E-state index contributed by atoms with van der Waals surface area (Å²) < 4.78 is 4.89. The maximum absolute atomic E-state index is 4.89. The van der Waals surface area contributed by atoms with Crippen molar-refractivity contribution >= 4 is 11.3 Å². The smallest absolute Gasteiger partial charge is 0.223 e. The summed E-state index contributed by atoms with van der Waals surface area (Å²) in [5.41, 5.74) is 0. The summed E-state index contributed by atoms with van der Waals surface area (Å²) in [6.45, 7) is 4.55. The van der Waals surface area contributed by atoms with Crippen LogP contribution < -0.4 is 5.32 Å². The van der Waals surface area contributed by atoms with Crippen molar-refractivity contribution < 1.29 is 4.52 Å². The van der Waals surface area contributed by atoms with Gasteiger partial charge in [-0.15, -0.1) is 11.3 Å². The van der Waals surface area contributed by atoms with Crippen molar-refractivity contribution in [3.05, 3.63) is 34.1 Å². The highest BCUT2D eigenvalue weighted by atomic mass is 32.1. The van der Waals surface area contributed by atoms with E-state index in [4.69, 9.17) is 4.52 Å². The van der Waals surface area contributed by atoms with E-state index in [1.807, 2.05) is 0 Å². The molecule has 0 aliphatic carbocycles. The molecule has 2 rings (SSSR count). The first kappa shape index (κ1) is 10.3. The van der Waals surface area contributed by atoms with Gasteiger partial charge in [-0.25, -0.2) is 0 Å². The lowest BCUT2D eigenvalue weighted by Crippen LogP contribution is -2.17. The van der Waals surface area contributed by atoms with Crippen LogP contribution in [0.5, 0.6) is 0 Å². The van der Waals surface area contributed by atoms with E-state index in [1.54, 1.807) is 18.3 Å². The standard InChI is InChI=1S/C10H13N3OS/c1-7(9-4-3-5-15-9)11-6-10-12-8(2)14-13-10/h3-5,7,11H,6H2,1-2H3/t7-/m0/s1. The largest absolute Gasteiger partial charge is 0.340 e. The average molecular weight is 223 g/mol. The number of aromatic nitrogens is 2. The minimum Gasteiger partial charge on any atom is -0.340 e. The Labute approximate surface area is 92.3 Å². The third-order valence-corrected chi connectivity index (χ3v) is 3.16. The van der Waals surface area contributed by atoms with Crippen molar-refractivity contribution in [2.45, 2.75) is 26.4 Å². The SMILES string of the molecule is Cc1nc(CN[C@@H](C)c2cccs2)no1. The van der Waals surface area contributed by atoms with Crippen LogP contribution in [-0.2, 0) is 6.54 Å². The molecular formula is C10H13N3OS. The fourth-order valence-electron chi connectivity index (χ4n) is 1.30. The molecule has 80 valence electrons. The molecule has 1 atom stereocenters. The zero-order valence-corrected chi connectivity index (χ0v) is 9.54. The highest BCUT2D eigenvalue weighted by Crippen LogP contribution is 2.18. The number of nitrogens with zero attached hydrogens (tertiary/aromatic N) is 2. The van der Waals surface area contributed by atoms with Gasteiger partial charge in [-0.2, -0.15) is 4.98 Å². The number of aryl methyl sites for hydroxylation is 1. The van der Waals surface area contributed by atoms with E-state index in [-0.39, 0.29) is 0 Å². The van der Waals surface area contributed by atoms with Gasteiger partial charge in [0.1, 0.15) is 0 Å². The fraction of sp³-hybridized carbons (Fsp3) is 0.400. The van der Waals surface area contributed by atoms with Crippen LogP contribution in [-0.4, -0.2) is 10.1 Å². The van der Waals surface area contributed by atoms with Crippen molar-refractivity contribution in [2.75, 3.05) is 0 Å². The minimum absolute atomic E-state index is 0.323. The first-order valence-corrected chi connectivity index (χ1v) is 5.69. The molecule has 2 heterocycles. The molecule has 2 aromatic rings. The summed E-state index contributed by atoms with van der Waals surface area (Å²) in [6.07, 6.45) is 0. The Kier molecular flexibility index (Phi) is 3.13. The summed E-state index contributed by atoms with van der Waals surface area (Å²) in [5.74, 6) is 1.31. The maximum atomic E-state index is 4.89. The van der Waals surface area contributed by atoms with Gasteiger partial charge in [0.2, 0.25) is 5.89 Å². The molecule has 0 radical (unpaired) electrons. The first-order chi connectivity index (χ1) is 7.25. The Balaban J connectivity index is 1.88. The summed E-state index contributed by atoms with van der Waals surface area (Å²) in [7, 11) is 0. The van der Waals surface area contributed by atoms with Crippen molar-refractivity contribution in [2.24, 2.45) is 0 Å². The molecule has 0 fully saturated rings. The summed E-state index contributed by atoms with van der Waals surface area (Å²) in [4.78, 5) is 5.44. The first-order valence-electron chi connectivity index (χ1n) is 4.81. The summed E-state index contributed by atoms with van der Waals surface area (Å²) in [6, 6.07) is 4.49. The van der Waals surface area contributed by atoms with Crippen molar-refractivity contribution in [1.82, 2.24) is 15.5 Å². The number of thiophene rings is 1. The molecule has 1 N–H and O–H groups in total. The highest BCUT2D eigenvalue weighted by Gasteiger charge is 2.07. The third-order valence-electron chi connectivity index (χ3n) is 2.11. The number of rotatable bonds is 4. The second-order valence-corrected chi connectivity index (χ2v) is 4.33. The number of hydrogen-bond acceptors (Lipinski definition) is 5. The van der Waals surface area contributed by atoms with Crippen LogP contribution in [0.1, 0.15) is 29.6 Å². The molecule has 0 amide bonds. The molecule has 4 nitrogen and oxygen atoms in total.